The van der Waals surface area contributed by atoms with Crippen molar-refractivity contribution < 1.29 is 23.8 Å². The van der Waals surface area contributed by atoms with Gasteiger partial charge in [-0.05, 0) is 61.8 Å². The van der Waals surface area contributed by atoms with Gasteiger partial charge in [-0.15, -0.1) is 0 Å². The van der Waals surface area contributed by atoms with Gasteiger partial charge in [-0.25, -0.2) is 4.39 Å². The van der Waals surface area contributed by atoms with Gasteiger partial charge in [0.2, 0.25) is 0 Å². The van der Waals surface area contributed by atoms with Crippen LogP contribution in [0.5, 0.6) is 5.75 Å². The summed E-state index contributed by atoms with van der Waals surface area (Å²) in [6.07, 6.45) is 2.22. The maximum Gasteiger partial charge on any atom is 0.295 e. The van der Waals surface area contributed by atoms with Crippen molar-refractivity contribution >= 4 is 29.1 Å². The van der Waals surface area contributed by atoms with Gasteiger partial charge in [0.15, 0.2) is 0 Å². The SMILES string of the molecule is COc1ccc(F)cc1/C(O)=C1\C(=O)C(=O)N(CCN2CCCC2)C1c1ccc(Cl)cc1. The average molecular weight is 459 g/mol. The molecule has 1 amide bonds. The number of halogens is 2. The van der Waals surface area contributed by atoms with Crippen LogP contribution in [0.1, 0.15) is 30.0 Å². The molecule has 1 unspecified atom stereocenters. The first kappa shape index (κ1) is 22.3. The van der Waals surface area contributed by atoms with E-state index >= 15 is 0 Å². The summed E-state index contributed by atoms with van der Waals surface area (Å²) in [5.74, 6) is -2.37. The molecule has 2 aliphatic heterocycles. The van der Waals surface area contributed by atoms with E-state index in [-0.39, 0.29) is 16.9 Å². The fourth-order valence-corrected chi connectivity index (χ4v) is 4.49. The number of ketones is 1. The van der Waals surface area contributed by atoms with Crippen LogP contribution in [0.15, 0.2) is 48.0 Å². The van der Waals surface area contributed by atoms with E-state index in [4.69, 9.17) is 16.3 Å². The van der Waals surface area contributed by atoms with Crippen molar-refractivity contribution in [1.82, 2.24) is 9.80 Å². The van der Waals surface area contributed by atoms with Crippen LogP contribution < -0.4 is 4.74 Å². The van der Waals surface area contributed by atoms with Crippen LogP contribution in [-0.2, 0) is 9.59 Å². The van der Waals surface area contributed by atoms with Gasteiger partial charge in [0, 0.05) is 18.1 Å². The van der Waals surface area contributed by atoms with Crippen molar-refractivity contribution in [3.8, 4) is 5.75 Å². The lowest BCUT2D eigenvalue weighted by atomic mass is 9.95. The predicted octanol–water partition coefficient (Wildman–Crippen LogP) is 4.01. The lowest BCUT2D eigenvalue weighted by molar-refractivity contribution is -0.140. The fraction of sp³-hybridized carbons (Fsp3) is 0.333. The first-order valence-corrected chi connectivity index (χ1v) is 10.9. The van der Waals surface area contributed by atoms with E-state index in [0.29, 0.717) is 23.7 Å². The summed E-state index contributed by atoms with van der Waals surface area (Å²) in [5.41, 5.74) is 0.554. The third kappa shape index (κ3) is 4.23. The second kappa shape index (κ2) is 9.30. The van der Waals surface area contributed by atoms with Gasteiger partial charge in [0.25, 0.3) is 11.7 Å². The molecule has 0 aliphatic carbocycles. The monoisotopic (exact) mass is 458 g/mol. The molecular weight excluding hydrogens is 435 g/mol. The standard InChI is InChI=1S/C24H24ClFN2O4/c1-32-19-9-8-17(26)14-18(19)22(29)20-21(15-4-6-16(25)7-5-15)28(24(31)23(20)30)13-12-27-10-2-3-11-27/h4-9,14,21,29H,2-3,10-13H2,1H3/b22-20+. The zero-order chi connectivity index (χ0) is 22.8. The van der Waals surface area contributed by atoms with Gasteiger partial charge >= 0.3 is 0 Å². The van der Waals surface area contributed by atoms with Crippen LogP contribution in [-0.4, -0.2) is 59.9 Å². The zero-order valence-electron chi connectivity index (χ0n) is 17.7. The maximum absolute atomic E-state index is 14.0. The third-order valence-electron chi connectivity index (χ3n) is 6.00. The molecule has 1 N–H and O–H groups in total. The molecule has 2 heterocycles. The van der Waals surface area contributed by atoms with E-state index in [9.17, 15) is 19.1 Å². The number of carbonyl (C=O) groups is 2. The highest BCUT2D eigenvalue weighted by atomic mass is 35.5. The molecule has 6 nitrogen and oxygen atoms in total. The number of aliphatic hydroxyl groups excluding tert-OH is 1. The van der Waals surface area contributed by atoms with E-state index in [1.807, 2.05) is 0 Å². The predicted molar refractivity (Wildman–Crippen MR) is 119 cm³/mol. The highest BCUT2D eigenvalue weighted by Crippen LogP contribution is 2.41. The molecule has 2 aromatic rings. The Morgan fingerprint density at radius 3 is 2.47 bits per heavy atom. The molecule has 2 saturated heterocycles. The molecule has 8 heteroatoms. The van der Waals surface area contributed by atoms with Crippen LogP contribution in [0, 0.1) is 5.82 Å². The van der Waals surface area contributed by atoms with Gasteiger partial charge in [-0.3, -0.25) is 9.59 Å². The van der Waals surface area contributed by atoms with Crippen LogP contribution in [0.3, 0.4) is 0 Å². The van der Waals surface area contributed by atoms with E-state index < -0.39 is 29.3 Å². The van der Waals surface area contributed by atoms with Gasteiger partial charge in [-0.2, -0.15) is 0 Å². The van der Waals surface area contributed by atoms with Crippen molar-refractivity contribution in [3.63, 3.8) is 0 Å². The van der Waals surface area contributed by atoms with E-state index in [0.717, 1.165) is 32.0 Å². The minimum atomic E-state index is -0.817. The molecule has 1 atom stereocenters. The fourth-order valence-electron chi connectivity index (χ4n) is 4.37. The maximum atomic E-state index is 14.0. The molecule has 0 radical (unpaired) electrons. The number of hydrogen-bond acceptors (Lipinski definition) is 5. The summed E-state index contributed by atoms with van der Waals surface area (Å²) in [5, 5.41) is 11.6. The van der Waals surface area contributed by atoms with Crippen molar-refractivity contribution in [2.45, 2.75) is 18.9 Å². The van der Waals surface area contributed by atoms with Crippen molar-refractivity contribution in [1.29, 1.82) is 0 Å². The Labute approximate surface area is 190 Å². The van der Waals surface area contributed by atoms with E-state index in [2.05, 4.69) is 4.90 Å². The number of rotatable bonds is 6. The Bertz CT molecular complexity index is 1060. The highest BCUT2D eigenvalue weighted by molar-refractivity contribution is 6.46. The number of methoxy groups -OCH3 is 1. The first-order chi connectivity index (χ1) is 15.4. The topological polar surface area (TPSA) is 70.1 Å². The molecule has 2 fully saturated rings. The normalized spacial score (nSPS) is 20.8. The third-order valence-corrected chi connectivity index (χ3v) is 6.25. The molecule has 0 bridgehead atoms. The molecule has 2 aliphatic rings. The number of ether oxygens (including phenoxy) is 1. The quantitative estimate of drug-likeness (QED) is 0.402. The number of amides is 1. The smallest absolute Gasteiger partial charge is 0.295 e. The Morgan fingerprint density at radius 2 is 1.81 bits per heavy atom. The van der Waals surface area contributed by atoms with Crippen LogP contribution >= 0.6 is 11.6 Å². The second-order valence-electron chi connectivity index (χ2n) is 7.94. The number of aliphatic hydroxyl groups is 1. The molecule has 0 saturated carbocycles. The Kier molecular flexibility index (Phi) is 6.48. The van der Waals surface area contributed by atoms with Gasteiger partial charge in [0.05, 0.1) is 24.3 Å². The highest BCUT2D eigenvalue weighted by Gasteiger charge is 2.46. The van der Waals surface area contributed by atoms with Crippen molar-refractivity contribution in [3.05, 3.63) is 70.0 Å². The van der Waals surface area contributed by atoms with Crippen LogP contribution in [0.4, 0.5) is 4.39 Å². The minimum Gasteiger partial charge on any atom is -0.507 e. The summed E-state index contributed by atoms with van der Waals surface area (Å²) < 4.78 is 19.2. The molecule has 2 aromatic carbocycles. The lowest BCUT2D eigenvalue weighted by Gasteiger charge is -2.27. The Balaban J connectivity index is 1.81. The molecule has 0 spiro atoms. The Hall–Kier alpha value is -2.90. The molecule has 4 rings (SSSR count). The summed E-state index contributed by atoms with van der Waals surface area (Å²) in [6, 6.07) is 9.61. The number of carbonyl (C=O) groups excluding carboxylic acids is 2. The van der Waals surface area contributed by atoms with Crippen LogP contribution in [0.2, 0.25) is 5.02 Å². The molecule has 32 heavy (non-hydrogen) atoms. The molecule has 168 valence electrons. The van der Waals surface area contributed by atoms with E-state index in [1.165, 1.54) is 24.1 Å². The molecule has 0 aromatic heterocycles. The number of hydrogen-bond donors (Lipinski definition) is 1. The number of likely N-dealkylation sites (tertiary alicyclic amines) is 2. The Morgan fingerprint density at radius 1 is 1.12 bits per heavy atom. The summed E-state index contributed by atoms with van der Waals surface area (Å²) in [7, 11) is 1.38. The van der Waals surface area contributed by atoms with Crippen LogP contribution in [0.25, 0.3) is 5.76 Å². The second-order valence-corrected chi connectivity index (χ2v) is 8.37. The number of Topliss-reactive ketones (excluding diaryl/α,β-unsaturated/α-hetero) is 1. The largest absolute Gasteiger partial charge is 0.507 e. The van der Waals surface area contributed by atoms with E-state index in [1.54, 1.807) is 24.3 Å². The summed E-state index contributed by atoms with van der Waals surface area (Å²) in [6.45, 7) is 2.86. The van der Waals surface area contributed by atoms with Gasteiger partial charge in [0.1, 0.15) is 17.3 Å². The zero-order valence-corrected chi connectivity index (χ0v) is 18.4. The van der Waals surface area contributed by atoms with Gasteiger partial charge < -0.3 is 19.6 Å². The van der Waals surface area contributed by atoms with Crippen molar-refractivity contribution in [2.24, 2.45) is 0 Å². The number of benzene rings is 2. The number of nitrogens with zero attached hydrogens (tertiary/aromatic N) is 2. The first-order valence-electron chi connectivity index (χ1n) is 10.5. The van der Waals surface area contributed by atoms with Gasteiger partial charge in [-0.1, -0.05) is 23.7 Å². The lowest BCUT2D eigenvalue weighted by Crippen LogP contribution is -2.37. The van der Waals surface area contributed by atoms with Crippen molar-refractivity contribution in [2.75, 3.05) is 33.3 Å². The molecular formula is C24H24ClFN2O4. The average Bonchev–Trinajstić information content (AvgIpc) is 3.39. The summed E-state index contributed by atoms with van der Waals surface area (Å²) in [4.78, 5) is 29.8. The minimum absolute atomic E-state index is 0.0176. The summed E-state index contributed by atoms with van der Waals surface area (Å²) >= 11 is 6.04.